The van der Waals surface area contributed by atoms with Crippen molar-refractivity contribution in [1.82, 2.24) is 10.2 Å². The second-order valence-corrected chi connectivity index (χ2v) is 4.02. The van der Waals surface area contributed by atoms with Crippen LogP contribution in [0.3, 0.4) is 0 Å². The molecule has 0 radical (unpaired) electrons. The monoisotopic (exact) mass is 279 g/mol. The molecule has 0 aromatic heterocycles. The fourth-order valence-electron chi connectivity index (χ4n) is 1.58. The number of hydrogen-bond donors (Lipinski definition) is 2. The highest BCUT2D eigenvalue weighted by atomic mass is 35.5. The van der Waals surface area contributed by atoms with Gasteiger partial charge in [0.1, 0.15) is 0 Å². The van der Waals surface area contributed by atoms with Crippen LogP contribution < -0.4 is 11.1 Å². The Morgan fingerprint density at radius 2 is 1.67 bits per heavy atom. The van der Waals surface area contributed by atoms with Crippen molar-refractivity contribution in [3.8, 4) is 0 Å². The lowest BCUT2D eigenvalue weighted by Crippen LogP contribution is -2.34. The number of amides is 2. The summed E-state index contributed by atoms with van der Waals surface area (Å²) in [6.07, 6.45) is 2.44. The molecule has 0 aliphatic carbocycles. The van der Waals surface area contributed by atoms with E-state index in [1.54, 1.807) is 0 Å². The number of rotatable bonds is 9. The second-order valence-electron chi connectivity index (χ2n) is 4.02. The number of nitrogens with one attached hydrogen (secondary N) is 1. The molecule has 0 unspecified atom stereocenters. The topological polar surface area (TPSA) is 75.4 Å². The molecule has 18 heavy (non-hydrogen) atoms. The molecular weight excluding hydrogens is 254 g/mol. The van der Waals surface area contributed by atoms with Gasteiger partial charge in [-0.1, -0.05) is 13.8 Å². The first-order chi connectivity index (χ1) is 8.15. The van der Waals surface area contributed by atoms with Crippen LogP contribution in [0.1, 0.15) is 39.5 Å². The highest BCUT2D eigenvalue weighted by molar-refractivity contribution is 5.85. The summed E-state index contributed by atoms with van der Waals surface area (Å²) < 4.78 is 0. The first-order valence-corrected chi connectivity index (χ1v) is 6.40. The fraction of sp³-hybridized carbons (Fsp3) is 0.833. The van der Waals surface area contributed by atoms with Crippen LogP contribution >= 0.6 is 12.4 Å². The van der Waals surface area contributed by atoms with Crippen LogP contribution in [0.4, 0.5) is 0 Å². The van der Waals surface area contributed by atoms with Crippen molar-refractivity contribution in [2.24, 2.45) is 5.73 Å². The van der Waals surface area contributed by atoms with E-state index in [1.165, 1.54) is 0 Å². The summed E-state index contributed by atoms with van der Waals surface area (Å²) in [6, 6.07) is 0. The predicted molar refractivity (Wildman–Crippen MR) is 75.7 cm³/mol. The number of carbonyl (C=O) groups excluding carboxylic acids is 2. The fourth-order valence-corrected chi connectivity index (χ4v) is 1.58. The molecule has 0 saturated heterocycles. The van der Waals surface area contributed by atoms with E-state index in [2.05, 4.69) is 5.32 Å². The first-order valence-electron chi connectivity index (χ1n) is 6.40. The molecule has 5 nitrogen and oxygen atoms in total. The zero-order valence-electron chi connectivity index (χ0n) is 11.4. The molecule has 0 aromatic carbocycles. The maximum atomic E-state index is 11.8. The van der Waals surface area contributed by atoms with Crippen molar-refractivity contribution >= 4 is 24.2 Å². The van der Waals surface area contributed by atoms with Gasteiger partial charge < -0.3 is 16.0 Å². The average molecular weight is 280 g/mol. The number of nitrogens with two attached hydrogens (primary N) is 1. The smallest absolute Gasteiger partial charge is 0.223 e. The van der Waals surface area contributed by atoms with E-state index in [9.17, 15) is 9.59 Å². The molecule has 2 amide bonds. The number of halogens is 1. The summed E-state index contributed by atoms with van der Waals surface area (Å²) in [4.78, 5) is 25.0. The van der Waals surface area contributed by atoms with Gasteiger partial charge in [-0.25, -0.2) is 0 Å². The van der Waals surface area contributed by atoms with Crippen LogP contribution in [0.5, 0.6) is 0 Å². The Morgan fingerprint density at radius 3 is 2.11 bits per heavy atom. The van der Waals surface area contributed by atoms with Gasteiger partial charge in [-0.15, -0.1) is 12.4 Å². The minimum Gasteiger partial charge on any atom is -0.355 e. The van der Waals surface area contributed by atoms with Crippen molar-refractivity contribution in [2.45, 2.75) is 39.5 Å². The van der Waals surface area contributed by atoms with Crippen LogP contribution in [0.15, 0.2) is 0 Å². The van der Waals surface area contributed by atoms with Gasteiger partial charge in [-0.2, -0.15) is 0 Å². The Labute approximate surface area is 116 Å². The molecule has 0 saturated carbocycles. The molecule has 0 rings (SSSR count). The zero-order chi connectivity index (χ0) is 13.1. The average Bonchev–Trinajstić information content (AvgIpc) is 2.33. The molecule has 0 fully saturated rings. The van der Waals surface area contributed by atoms with Crippen LogP contribution in [-0.2, 0) is 9.59 Å². The predicted octanol–water partition coefficient (Wildman–Crippen LogP) is 0.912. The Kier molecular flexibility index (Phi) is 13.7. The molecule has 3 N–H and O–H groups in total. The lowest BCUT2D eigenvalue weighted by atomic mass is 10.2. The Balaban J connectivity index is 0. The third-order valence-electron chi connectivity index (χ3n) is 2.37. The van der Waals surface area contributed by atoms with E-state index < -0.39 is 0 Å². The number of carbonyl (C=O) groups is 2. The van der Waals surface area contributed by atoms with Crippen molar-refractivity contribution < 1.29 is 9.59 Å². The lowest BCUT2D eigenvalue weighted by Gasteiger charge is -2.21. The Hall–Kier alpha value is -0.810. The van der Waals surface area contributed by atoms with E-state index in [0.717, 1.165) is 25.9 Å². The summed E-state index contributed by atoms with van der Waals surface area (Å²) in [5, 5.41) is 2.66. The van der Waals surface area contributed by atoms with E-state index in [1.807, 2.05) is 18.7 Å². The highest BCUT2D eigenvalue weighted by Gasteiger charge is 2.13. The van der Waals surface area contributed by atoms with Crippen LogP contribution in [-0.4, -0.2) is 42.9 Å². The van der Waals surface area contributed by atoms with Gasteiger partial charge >= 0.3 is 0 Å². The molecule has 0 bridgehead atoms. The van der Waals surface area contributed by atoms with Gasteiger partial charge in [-0.05, 0) is 12.8 Å². The van der Waals surface area contributed by atoms with Gasteiger partial charge in [0.05, 0.1) is 0 Å². The quantitative estimate of drug-likeness (QED) is 0.659. The normalized spacial score (nSPS) is 9.50. The van der Waals surface area contributed by atoms with Crippen LogP contribution in [0.2, 0.25) is 0 Å². The third-order valence-corrected chi connectivity index (χ3v) is 2.37. The van der Waals surface area contributed by atoms with E-state index in [4.69, 9.17) is 5.73 Å². The minimum absolute atomic E-state index is 0. The Morgan fingerprint density at radius 1 is 1.11 bits per heavy atom. The van der Waals surface area contributed by atoms with Crippen molar-refractivity contribution in [3.63, 3.8) is 0 Å². The molecule has 0 spiro atoms. The van der Waals surface area contributed by atoms with Crippen LogP contribution in [0, 0.1) is 0 Å². The van der Waals surface area contributed by atoms with Gasteiger partial charge in [0.25, 0.3) is 0 Å². The lowest BCUT2D eigenvalue weighted by molar-refractivity contribution is -0.133. The summed E-state index contributed by atoms with van der Waals surface area (Å²) in [5.74, 6) is -0.0339. The van der Waals surface area contributed by atoms with Gasteiger partial charge in [0, 0.05) is 39.0 Å². The van der Waals surface area contributed by atoms with Gasteiger partial charge in [0.15, 0.2) is 0 Å². The standard InChI is InChI=1S/C12H25N3O2.ClH/c1-3-9-15(10-4-2)12(17)6-5-11(16)14-8-7-13;/h3-10,13H2,1-2H3,(H,14,16);1H. The number of hydrogen-bond acceptors (Lipinski definition) is 3. The van der Waals surface area contributed by atoms with Gasteiger partial charge in [-0.3, -0.25) is 9.59 Å². The minimum atomic E-state index is -0.100. The molecule has 0 heterocycles. The largest absolute Gasteiger partial charge is 0.355 e. The maximum absolute atomic E-state index is 11.8. The molecule has 6 heteroatoms. The summed E-state index contributed by atoms with van der Waals surface area (Å²) in [6.45, 7) is 6.54. The van der Waals surface area contributed by atoms with Crippen molar-refractivity contribution in [1.29, 1.82) is 0 Å². The molecule has 108 valence electrons. The van der Waals surface area contributed by atoms with E-state index in [-0.39, 0.29) is 37.1 Å². The molecular formula is C12H26ClN3O2. The summed E-state index contributed by atoms with van der Waals surface area (Å²) >= 11 is 0. The molecule has 0 atom stereocenters. The van der Waals surface area contributed by atoms with Crippen LogP contribution in [0.25, 0.3) is 0 Å². The Bertz CT molecular complexity index is 231. The molecule has 0 aliphatic rings. The molecule has 0 aliphatic heterocycles. The maximum Gasteiger partial charge on any atom is 0.223 e. The zero-order valence-corrected chi connectivity index (χ0v) is 12.2. The highest BCUT2D eigenvalue weighted by Crippen LogP contribution is 2.01. The van der Waals surface area contributed by atoms with Gasteiger partial charge in [0.2, 0.25) is 11.8 Å². The molecule has 0 aromatic rings. The third kappa shape index (κ3) is 9.24. The SMILES string of the molecule is CCCN(CCC)C(=O)CCC(=O)NCCN.Cl. The summed E-state index contributed by atoms with van der Waals surface area (Å²) in [5.41, 5.74) is 5.27. The van der Waals surface area contributed by atoms with Crippen molar-refractivity contribution in [2.75, 3.05) is 26.2 Å². The van der Waals surface area contributed by atoms with E-state index in [0.29, 0.717) is 13.1 Å². The number of nitrogens with zero attached hydrogens (tertiary/aromatic N) is 1. The summed E-state index contributed by atoms with van der Waals surface area (Å²) in [7, 11) is 0. The van der Waals surface area contributed by atoms with E-state index >= 15 is 0 Å². The second kappa shape index (κ2) is 12.6. The first kappa shape index (κ1) is 19.5. The van der Waals surface area contributed by atoms with Crippen molar-refractivity contribution in [3.05, 3.63) is 0 Å².